The van der Waals surface area contributed by atoms with Crippen LogP contribution >= 0.6 is 11.6 Å². The molecule has 0 aliphatic heterocycles. The van der Waals surface area contributed by atoms with Gasteiger partial charge in [-0.25, -0.2) is 0 Å². The number of amides is 2. The summed E-state index contributed by atoms with van der Waals surface area (Å²) in [6.45, 7) is 0.675. The minimum atomic E-state index is -0.537. The van der Waals surface area contributed by atoms with Crippen LogP contribution in [-0.2, 0) is 17.9 Å². The fourth-order valence-electron chi connectivity index (χ4n) is 3.66. The van der Waals surface area contributed by atoms with Crippen LogP contribution in [-0.4, -0.2) is 21.7 Å². The second kappa shape index (κ2) is 11.3. The summed E-state index contributed by atoms with van der Waals surface area (Å²) >= 11 is 6.22. The quantitative estimate of drug-likeness (QED) is 0.352. The Morgan fingerprint density at radius 2 is 1.74 bits per heavy atom. The highest BCUT2D eigenvalue weighted by Gasteiger charge is 2.24. The SMILES string of the molecule is O=C(NC(CC(=O)N(Cc1cccnc1)Cc1ccco1)c1ccccc1)c1ccccc1Cl. The summed E-state index contributed by atoms with van der Waals surface area (Å²) in [4.78, 5) is 32.4. The molecule has 34 heavy (non-hydrogen) atoms. The first-order valence-corrected chi connectivity index (χ1v) is 11.3. The van der Waals surface area contributed by atoms with Crippen molar-refractivity contribution >= 4 is 23.4 Å². The number of hydrogen-bond acceptors (Lipinski definition) is 4. The van der Waals surface area contributed by atoms with E-state index in [2.05, 4.69) is 10.3 Å². The molecule has 0 bridgehead atoms. The Balaban J connectivity index is 1.57. The van der Waals surface area contributed by atoms with Crippen molar-refractivity contribution in [3.05, 3.63) is 125 Å². The van der Waals surface area contributed by atoms with E-state index in [1.807, 2.05) is 48.5 Å². The molecule has 4 aromatic rings. The van der Waals surface area contributed by atoms with Gasteiger partial charge in [0.2, 0.25) is 5.91 Å². The molecule has 0 spiro atoms. The highest BCUT2D eigenvalue weighted by Crippen LogP contribution is 2.22. The van der Waals surface area contributed by atoms with Crippen LogP contribution in [0.15, 0.2) is 102 Å². The van der Waals surface area contributed by atoms with E-state index in [-0.39, 0.29) is 18.2 Å². The normalized spacial score (nSPS) is 11.6. The molecule has 7 heteroatoms. The van der Waals surface area contributed by atoms with Gasteiger partial charge >= 0.3 is 0 Å². The van der Waals surface area contributed by atoms with Gasteiger partial charge in [-0.2, -0.15) is 0 Å². The smallest absolute Gasteiger partial charge is 0.253 e. The van der Waals surface area contributed by atoms with Crippen molar-refractivity contribution < 1.29 is 14.0 Å². The number of pyridine rings is 1. The van der Waals surface area contributed by atoms with Gasteiger partial charge in [-0.3, -0.25) is 14.6 Å². The minimum Gasteiger partial charge on any atom is -0.467 e. The van der Waals surface area contributed by atoms with Crippen molar-refractivity contribution in [2.24, 2.45) is 0 Å². The molecule has 0 aliphatic carbocycles. The average molecular weight is 474 g/mol. The molecule has 2 aromatic carbocycles. The van der Waals surface area contributed by atoms with Crippen molar-refractivity contribution in [3.8, 4) is 0 Å². The maximum absolute atomic E-state index is 13.5. The Labute approximate surface area is 203 Å². The van der Waals surface area contributed by atoms with Crippen LogP contribution in [0.25, 0.3) is 0 Å². The highest BCUT2D eigenvalue weighted by molar-refractivity contribution is 6.33. The molecule has 4 rings (SSSR count). The average Bonchev–Trinajstić information content (AvgIpc) is 3.38. The number of aromatic nitrogens is 1. The van der Waals surface area contributed by atoms with Crippen LogP contribution in [0.5, 0.6) is 0 Å². The second-order valence-electron chi connectivity index (χ2n) is 7.81. The number of furan rings is 1. The van der Waals surface area contributed by atoms with Gasteiger partial charge in [-0.1, -0.05) is 60.1 Å². The standard InChI is InChI=1S/C27H24ClN3O3/c28-24-13-5-4-12-23(24)27(33)30-25(21-9-2-1-3-10-21)16-26(32)31(19-22-11-7-15-34-22)18-20-8-6-14-29-17-20/h1-15,17,25H,16,18-19H2,(H,30,33). The second-order valence-corrected chi connectivity index (χ2v) is 8.22. The lowest BCUT2D eigenvalue weighted by molar-refractivity contribution is -0.133. The lowest BCUT2D eigenvalue weighted by Crippen LogP contribution is -2.36. The Kier molecular flexibility index (Phi) is 7.73. The van der Waals surface area contributed by atoms with Gasteiger partial charge in [0.1, 0.15) is 5.76 Å². The molecule has 0 saturated carbocycles. The fourth-order valence-corrected chi connectivity index (χ4v) is 3.88. The Bertz CT molecular complexity index is 1210. The first kappa shape index (κ1) is 23.3. The van der Waals surface area contributed by atoms with E-state index >= 15 is 0 Å². The maximum Gasteiger partial charge on any atom is 0.253 e. The lowest BCUT2D eigenvalue weighted by Gasteiger charge is -2.26. The van der Waals surface area contributed by atoms with Crippen molar-refractivity contribution in [1.82, 2.24) is 15.2 Å². The van der Waals surface area contributed by atoms with Crippen molar-refractivity contribution in [1.29, 1.82) is 0 Å². The van der Waals surface area contributed by atoms with Gasteiger partial charge in [0.15, 0.2) is 0 Å². The third-order valence-corrected chi connectivity index (χ3v) is 5.71. The topological polar surface area (TPSA) is 75.4 Å². The van der Waals surface area contributed by atoms with Gasteiger partial charge in [0.05, 0.1) is 35.9 Å². The molecule has 0 radical (unpaired) electrons. The molecule has 2 amide bonds. The van der Waals surface area contributed by atoms with Crippen molar-refractivity contribution in [3.63, 3.8) is 0 Å². The maximum atomic E-state index is 13.5. The van der Waals surface area contributed by atoms with E-state index in [4.69, 9.17) is 16.0 Å². The Morgan fingerprint density at radius 1 is 0.941 bits per heavy atom. The van der Waals surface area contributed by atoms with Crippen LogP contribution in [0.2, 0.25) is 5.02 Å². The van der Waals surface area contributed by atoms with Gasteiger partial charge in [-0.05, 0) is 41.5 Å². The third-order valence-electron chi connectivity index (χ3n) is 5.38. The monoisotopic (exact) mass is 473 g/mol. The first-order chi connectivity index (χ1) is 16.6. The molecular weight excluding hydrogens is 450 g/mol. The summed E-state index contributed by atoms with van der Waals surface area (Å²) in [5.74, 6) is 0.208. The fraction of sp³-hybridized carbons (Fsp3) is 0.148. The zero-order valence-electron chi connectivity index (χ0n) is 18.4. The Hall–Kier alpha value is -3.90. The molecule has 1 atom stereocenters. The van der Waals surface area contributed by atoms with Crippen LogP contribution in [0.4, 0.5) is 0 Å². The molecule has 2 aromatic heterocycles. The third kappa shape index (κ3) is 6.11. The molecular formula is C27H24ClN3O3. The number of benzene rings is 2. The highest BCUT2D eigenvalue weighted by atomic mass is 35.5. The van der Waals surface area contributed by atoms with Gasteiger partial charge in [0.25, 0.3) is 5.91 Å². The van der Waals surface area contributed by atoms with Crippen molar-refractivity contribution in [2.45, 2.75) is 25.6 Å². The predicted molar refractivity (Wildman–Crippen MR) is 130 cm³/mol. The van der Waals surface area contributed by atoms with E-state index in [0.717, 1.165) is 11.1 Å². The summed E-state index contributed by atoms with van der Waals surface area (Å²) in [6, 6.07) is 23.1. The largest absolute Gasteiger partial charge is 0.467 e. The first-order valence-electron chi connectivity index (χ1n) is 10.9. The van der Waals surface area contributed by atoms with Crippen LogP contribution in [0.3, 0.4) is 0 Å². The molecule has 6 nitrogen and oxygen atoms in total. The molecule has 1 N–H and O–H groups in total. The van der Waals surface area contributed by atoms with Gasteiger partial charge in [-0.15, -0.1) is 0 Å². The lowest BCUT2D eigenvalue weighted by atomic mass is 10.0. The van der Waals surface area contributed by atoms with Gasteiger partial charge in [0, 0.05) is 18.9 Å². The molecule has 172 valence electrons. The minimum absolute atomic E-state index is 0.0706. The van der Waals surface area contributed by atoms with Crippen LogP contribution in [0.1, 0.15) is 39.7 Å². The number of carbonyl (C=O) groups is 2. The summed E-state index contributed by atoms with van der Waals surface area (Å²) in [7, 11) is 0. The number of nitrogens with zero attached hydrogens (tertiary/aromatic N) is 2. The van der Waals surface area contributed by atoms with E-state index < -0.39 is 6.04 Å². The predicted octanol–water partition coefficient (Wildman–Crippen LogP) is 5.42. The van der Waals surface area contributed by atoms with E-state index in [0.29, 0.717) is 29.4 Å². The van der Waals surface area contributed by atoms with Crippen LogP contribution < -0.4 is 5.32 Å². The zero-order chi connectivity index (χ0) is 23.8. The van der Waals surface area contributed by atoms with Crippen LogP contribution in [0, 0.1) is 0 Å². The molecule has 2 heterocycles. The van der Waals surface area contributed by atoms with Crippen molar-refractivity contribution in [2.75, 3.05) is 0 Å². The molecule has 0 fully saturated rings. The Morgan fingerprint density at radius 3 is 2.44 bits per heavy atom. The van der Waals surface area contributed by atoms with E-state index in [9.17, 15) is 9.59 Å². The number of nitrogens with one attached hydrogen (secondary N) is 1. The zero-order valence-corrected chi connectivity index (χ0v) is 19.2. The van der Waals surface area contributed by atoms with E-state index in [1.54, 1.807) is 53.9 Å². The molecule has 0 aliphatic rings. The number of hydrogen-bond donors (Lipinski definition) is 1. The number of rotatable bonds is 9. The number of carbonyl (C=O) groups excluding carboxylic acids is 2. The summed E-state index contributed by atoms with van der Waals surface area (Å²) in [5.41, 5.74) is 2.09. The summed E-state index contributed by atoms with van der Waals surface area (Å²) < 4.78 is 5.48. The summed E-state index contributed by atoms with van der Waals surface area (Å²) in [6.07, 6.45) is 5.08. The molecule has 1 unspecified atom stereocenters. The number of halogens is 1. The van der Waals surface area contributed by atoms with Gasteiger partial charge < -0.3 is 14.6 Å². The molecule has 0 saturated heterocycles. The summed E-state index contributed by atoms with van der Waals surface area (Å²) in [5, 5.41) is 3.35. The van der Waals surface area contributed by atoms with E-state index in [1.165, 1.54) is 0 Å².